The molecule has 0 aliphatic rings. The summed E-state index contributed by atoms with van der Waals surface area (Å²) in [7, 11) is 1.83. The summed E-state index contributed by atoms with van der Waals surface area (Å²) in [6.45, 7) is 3.76. The highest BCUT2D eigenvalue weighted by Crippen LogP contribution is 2.25. The summed E-state index contributed by atoms with van der Waals surface area (Å²) in [6.07, 6.45) is 1.72. The predicted octanol–water partition coefficient (Wildman–Crippen LogP) is 3.39. The van der Waals surface area contributed by atoms with E-state index in [-0.39, 0.29) is 5.91 Å². The summed E-state index contributed by atoms with van der Waals surface area (Å²) in [6, 6.07) is 11.4. The Morgan fingerprint density at radius 2 is 1.96 bits per heavy atom. The van der Waals surface area contributed by atoms with E-state index in [1.807, 2.05) is 51.2 Å². The first-order chi connectivity index (χ1) is 12.0. The van der Waals surface area contributed by atoms with Crippen LogP contribution in [0.4, 0.5) is 5.69 Å². The molecule has 4 rings (SSSR count). The molecule has 1 aromatic carbocycles. The summed E-state index contributed by atoms with van der Waals surface area (Å²) >= 11 is 0. The largest absolute Gasteiger partial charge is 0.320 e. The number of aryl methyl sites for hydroxylation is 3. The summed E-state index contributed by atoms with van der Waals surface area (Å²) in [5.74, 6) is -0.190. The average Bonchev–Trinajstić information content (AvgIpc) is 2.88. The Morgan fingerprint density at radius 3 is 2.80 bits per heavy atom. The molecule has 0 bridgehead atoms. The quantitative estimate of drug-likeness (QED) is 0.611. The Labute approximate surface area is 144 Å². The topological polar surface area (TPSA) is 72.7 Å². The fourth-order valence-electron chi connectivity index (χ4n) is 3.14. The Bertz CT molecular complexity index is 1120. The van der Waals surface area contributed by atoms with Crippen LogP contribution in [0.5, 0.6) is 0 Å². The first-order valence-corrected chi connectivity index (χ1v) is 8.00. The molecule has 1 amide bonds. The highest BCUT2D eigenvalue weighted by atomic mass is 16.1. The van der Waals surface area contributed by atoms with Crippen molar-refractivity contribution in [1.29, 1.82) is 0 Å². The predicted molar refractivity (Wildman–Crippen MR) is 97.7 cm³/mol. The molecule has 0 saturated carbocycles. The third-order valence-corrected chi connectivity index (χ3v) is 4.22. The van der Waals surface area contributed by atoms with Crippen molar-refractivity contribution in [2.45, 2.75) is 13.8 Å². The molecule has 0 saturated heterocycles. The summed E-state index contributed by atoms with van der Waals surface area (Å²) in [5, 5.41) is 9.14. The molecule has 0 aliphatic carbocycles. The number of nitrogens with zero attached hydrogens (tertiary/aromatic N) is 4. The number of amides is 1. The van der Waals surface area contributed by atoms with E-state index in [4.69, 9.17) is 0 Å². The molecule has 0 radical (unpaired) electrons. The third-order valence-electron chi connectivity index (χ3n) is 4.22. The summed E-state index contributed by atoms with van der Waals surface area (Å²) in [5.41, 5.74) is 4.29. The highest BCUT2D eigenvalue weighted by Gasteiger charge is 2.18. The lowest BCUT2D eigenvalue weighted by molar-refractivity contribution is 0.102. The average molecular weight is 331 g/mol. The Hall–Kier alpha value is -3.28. The van der Waals surface area contributed by atoms with Gasteiger partial charge in [-0.2, -0.15) is 5.10 Å². The van der Waals surface area contributed by atoms with Gasteiger partial charge in [-0.1, -0.05) is 18.2 Å². The maximum atomic E-state index is 13.0. The van der Waals surface area contributed by atoms with E-state index in [1.54, 1.807) is 16.9 Å². The molecule has 3 heterocycles. The van der Waals surface area contributed by atoms with E-state index in [9.17, 15) is 4.79 Å². The number of carbonyl (C=O) groups is 1. The van der Waals surface area contributed by atoms with Crippen molar-refractivity contribution in [3.63, 3.8) is 0 Å². The van der Waals surface area contributed by atoms with Crippen LogP contribution >= 0.6 is 0 Å². The number of fused-ring (bicyclic) bond motifs is 2. The fourth-order valence-corrected chi connectivity index (χ4v) is 3.14. The molecule has 0 fully saturated rings. The molecular weight excluding hydrogens is 314 g/mol. The highest BCUT2D eigenvalue weighted by molar-refractivity contribution is 6.14. The molecule has 124 valence electrons. The molecule has 0 spiro atoms. The number of nitrogens with one attached hydrogen (secondary N) is 1. The van der Waals surface area contributed by atoms with Crippen molar-refractivity contribution in [3.8, 4) is 0 Å². The minimum absolute atomic E-state index is 0.190. The maximum Gasteiger partial charge on any atom is 0.256 e. The second-order valence-electron chi connectivity index (χ2n) is 6.05. The number of benzene rings is 1. The van der Waals surface area contributed by atoms with Gasteiger partial charge in [0.1, 0.15) is 0 Å². The van der Waals surface area contributed by atoms with Crippen LogP contribution in [-0.2, 0) is 7.05 Å². The lowest BCUT2D eigenvalue weighted by Gasteiger charge is -2.09. The molecular formula is C19H17N5O. The third kappa shape index (κ3) is 2.52. The Morgan fingerprint density at radius 1 is 1.16 bits per heavy atom. The van der Waals surface area contributed by atoms with E-state index in [1.165, 1.54) is 0 Å². The second-order valence-corrected chi connectivity index (χ2v) is 6.05. The van der Waals surface area contributed by atoms with Gasteiger partial charge in [0.05, 0.1) is 27.8 Å². The molecule has 6 nitrogen and oxygen atoms in total. The van der Waals surface area contributed by atoms with Gasteiger partial charge in [0.15, 0.2) is 5.65 Å². The first-order valence-electron chi connectivity index (χ1n) is 8.00. The number of anilines is 1. The number of pyridine rings is 2. The second kappa shape index (κ2) is 5.66. The van der Waals surface area contributed by atoms with Crippen molar-refractivity contribution in [2.24, 2.45) is 7.05 Å². The van der Waals surface area contributed by atoms with Crippen molar-refractivity contribution in [2.75, 3.05) is 5.32 Å². The van der Waals surface area contributed by atoms with Gasteiger partial charge in [0, 0.05) is 24.3 Å². The number of hydrogen-bond donors (Lipinski definition) is 1. The van der Waals surface area contributed by atoms with Gasteiger partial charge in [0.25, 0.3) is 5.91 Å². The standard InChI is InChI=1S/C19H17N5O/c1-11-10-14(16-12(2)23-24(3)18(16)21-11)19(25)22-15-8-4-6-13-7-5-9-20-17(13)15/h4-10H,1-3H3,(H,22,25). The zero-order chi connectivity index (χ0) is 17.6. The number of carbonyl (C=O) groups excluding carboxylic acids is 1. The van der Waals surface area contributed by atoms with E-state index in [0.717, 1.165) is 27.7 Å². The minimum atomic E-state index is -0.190. The Kier molecular flexibility index (Phi) is 3.46. The number of para-hydroxylation sites is 1. The lowest BCUT2D eigenvalue weighted by atomic mass is 10.1. The zero-order valence-corrected chi connectivity index (χ0v) is 14.2. The van der Waals surface area contributed by atoms with Gasteiger partial charge in [-0.3, -0.25) is 14.5 Å². The van der Waals surface area contributed by atoms with E-state index in [0.29, 0.717) is 16.9 Å². The first kappa shape index (κ1) is 15.3. The van der Waals surface area contributed by atoms with Crippen LogP contribution < -0.4 is 5.32 Å². The molecule has 0 aliphatic heterocycles. The maximum absolute atomic E-state index is 13.0. The normalized spacial score (nSPS) is 11.2. The van der Waals surface area contributed by atoms with Crippen molar-refractivity contribution >= 4 is 33.5 Å². The number of aromatic nitrogens is 4. The van der Waals surface area contributed by atoms with Crippen LogP contribution in [0, 0.1) is 13.8 Å². The molecule has 25 heavy (non-hydrogen) atoms. The van der Waals surface area contributed by atoms with Crippen molar-refractivity contribution in [3.05, 3.63) is 59.5 Å². The van der Waals surface area contributed by atoms with Gasteiger partial charge in [0.2, 0.25) is 0 Å². The van der Waals surface area contributed by atoms with Crippen LogP contribution in [0.1, 0.15) is 21.7 Å². The van der Waals surface area contributed by atoms with Gasteiger partial charge < -0.3 is 5.32 Å². The van der Waals surface area contributed by atoms with Crippen molar-refractivity contribution < 1.29 is 4.79 Å². The lowest BCUT2D eigenvalue weighted by Crippen LogP contribution is -2.14. The SMILES string of the molecule is Cc1cc(C(=O)Nc2cccc3cccnc23)c2c(C)nn(C)c2n1. The Balaban J connectivity index is 1.83. The van der Waals surface area contributed by atoms with Crippen LogP contribution in [0.25, 0.3) is 21.9 Å². The fraction of sp³-hybridized carbons (Fsp3) is 0.158. The van der Waals surface area contributed by atoms with Crippen LogP contribution in [-0.4, -0.2) is 25.7 Å². The molecule has 3 aromatic heterocycles. The van der Waals surface area contributed by atoms with E-state index in [2.05, 4.69) is 20.4 Å². The molecule has 4 aromatic rings. The number of rotatable bonds is 2. The molecule has 0 atom stereocenters. The smallest absolute Gasteiger partial charge is 0.256 e. The molecule has 0 unspecified atom stereocenters. The zero-order valence-electron chi connectivity index (χ0n) is 14.2. The van der Waals surface area contributed by atoms with Gasteiger partial charge in [-0.05, 0) is 32.0 Å². The van der Waals surface area contributed by atoms with Gasteiger partial charge >= 0.3 is 0 Å². The van der Waals surface area contributed by atoms with Crippen LogP contribution in [0.15, 0.2) is 42.6 Å². The summed E-state index contributed by atoms with van der Waals surface area (Å²) < 4.78 is 1.70. The van der Waals surface area contributed by atoms with Gasteiger partial charge in [-0.15, -0.1) is 0 Å². The molecule has 6 heteroatoms. The number of hydrogen-bond acceptors (Lipinski definition) is 4. The summed E-state index contributed by atoms with van der Waals surface area (Å²) in [4.78, 5) is 21.9. The van der Waals surface area contributed by atoms with E-state index < -0.39 is 0 Å². The minimum Gasteiger partial charge on any atom is -0.320 e. The monoisotopic (exact) mass is 331 g/mol. The van der Waals surface area contributed by atoms with Crippen LogP contribution in [0.3, 0.4) is 0 Å². The van der Waals surface area contributed by atoms with Crippen molar-refractivity contribution in [1.82, 2.24) is 19.7 Å². The molecule has 1 N–H and O–H groups in total. The van der Waals surface area contributed by atoms with Gasteiger partial charge in [-0.25, -0.2) is 4.98 Å². The van der Waals surface area contributed by atoms with E-state index >= 15 is 0 Å². The van der Waals surface area contributed by atoms with Crippen LogP contribution in [0.2, 0.25) is 0 Å².